The number of nitrogens with zero attached hydrogens (tertiary/aromatic N) is 1. The van der Waals surface area contributed by atoms with Crippen LogP contribution < -0.4 is 15.4 Å². The van der Waals surface area contributed by atoms with E-state index in [4.69, 9.17) is 10.5 Å². The second-order valence-corrected chi connectivity index (χ2v) is 6.25. The minimum absolute atomic E-state index is 0.0102. The zero-order valence-corrected chi connectivity index (χ0v) is 13.2. The van der Waals surface area contributed by atoms with E-state index in [1.807, 2.05) is 13.0 Å². The summed E-state index contributed by atoms with van der Waals surface area (Å²) in [4.78, 5) is 2.47. The Morgan fingerprint density at radius 3 is 2.35 bits per heavy atom. The van der Waals surface area contributed by atoms with Crippen LogP contribution in [0.25, 0.3) is 0 Å². The van der Waals surface area contributed by atoms with E-state index >= 15 is 0 Å². The van der Waals surface area contributed by atoms with Crippen LogP contribution in [0.15, 0.2) is 18.2 Å². The van der Waals surface area contributed by atoms with Gasteiger partial charge in [0, 0.05) is 30.4 Å². The van der Waals surface area contributed by atoms with Crippen LogP contribution in [0.2, 0.25) is 0 Å². The van der Waals surface area contributed by atoms with Gasteiger partial charge in [-0.25, -0.2) is 0 Å². The van der Waals surface area contributed by atoms with Gasteiger partial charge in [-0.05, 0) is 43.7 Å². The Morgan fingerprint density at radius 1 is 1.20 bits per heavy atom. The summed E-state index contributed by atoms with van der Waals surface area (Å²) in [6.07, 6.45) is 2.54. The number of ether oxygens (including phenoxy) is 1. The van der Waals surface area contributed by atoms with Gasteiger partial charge in [-0.15, -0.1) is 0 Å². The molecule has 1 aromatic carbocycles. The van der Waals surface area contributed by atoms with E-state index in [1.165, 1.54) is 18.5 Å². The molecule has 0 amide bonds. The third-order valence-electron chi connectivity index (χ3n) is 4.54. The van der Waals surface area contributed by atoms with Gasteiger partial charge in [0.1, 0.15) is 5.75 Å². The van der Waals surface area contributed by atoms with Gasteiger partial charge in [0.05, 0.1) is 7.11 Å². The monoisotopic (exact) mass is 276 g/mol. The van der Waals surface area contributed by atoms with Crippen molar-refractivity contribution in [2.75, 3.05) is 25.1 Å². The van der Waals surface area contributed by atoms with Gasteiger partial charge in [-0.3, -0.25) is 0 Å². The van der Waals surface area contributed by atoms with Crippen LogP contribution in [0.5, 0.6) is 5.75 Å². The number of hydrogen-bond acceptors (Lipinski definition) is 3. The highest BCUT2D eigenvalue weighted by Gasteiger charge is 2.24. The fourth-order valence-corrected chi connectivity index (χ4v) is 3.25. The lowest BCUT2D eigenvalue weighted by Gasteiger charge is -2.37. The highest BCUT2D eigenvalue weighted by molar-refractivity contribution is 5.61. The van der Waals surface area contributed by atoms with Gasteiger partial charge in [0.25, 0.3) is 0 Å². The van der Waals surface area contributed by atoms with E-state index in [1.54, 1.807) is 7.11 Å². The maximum absolute atomic E-state index is 6.17. The summed E-state index contributed by atoms with van der Waals surface area (Å²) in [7, 11) is 1.72. The zero-order valence-electron chi connectivity index (χ0n) is 13.2. The quantitative estimate of drug-likeness (QED) is 0.913. The van der Waals surface area contributed by atoms with Crippen LogP contribution in [-0.2, 0) is 0 Å². The second kappa shape index (κ2) is 6.49. The predicted molar refractivity (Wildman–Crippen MR) is 85.4 cm³/mol. The molecule has 0 spiro atoms. The van der Waals surface area contributed by atoms with Crippen LogP contribution in [0, 0.1) is 11.8 Å². The first-order chi connectivity index (χ1) is 9.54. The van der Waals surface area contributed by atoms with Crippen molar-refractivity contribution in [1.82, 2.24) is 0 Å². The van der Waals surface area contributed by atoms with Crippen LogP contribution in [0.4, 0.5) is 5.69 Å². The standard InChI is InChI=1S/C17H28N2O/c1-12(2)14-8-10-19(11-9-14)15-6-5-7-16(20-4)17(15)13(3)18/h5-7,12-14H,8-11,18H2,1-4H3. The minimum atomic E-state index is -0.0102. The molecule has 1 heterocycles. The minimum Gasteiger partial charge on any atom is -0.496 e. The molecule has 112 valence electrons. The molecule has 1 atom stereocenters. The molecule has 1 saturated heterocycles. The molecule has 3 heteroatoms. The van der Waals surface area contributed by atoms with Crippen molar-refractivity contribution in [3.8, 4) is 5.75 Å². The van der Waals surface area contributed by atoms with Gasteiger partial charge in [0.15, 0.2) is 0 Å². The summed E-state index contributed by atoms with van der Waals surface area (Å²) in [6.45, 7) is 8.94. The molecular formula is C17H28N2O. The molecule has 0 saturated carbocycles. The third kappa shape index (κ3) is 3.09. The molecule has 1 fully saturated rings. The van der Waals surface area contributed by atoms with Crippen molar-refractivity contribution in [2.24, 2.45) is 17.6 Å². The lowest BCUT2D eigenvalue weighted by atomic mass is 9.86. The van der Waals surface area contributed by atoms with Gasteiger partial charge in [-0.1, -0.05) is 19.9 Å². The van der Waals surface area contributed by atoms with Gasteiger partial charge < -0.3 is 15.4 Å². The van der Waals surface area contributed by atoms with E-state index in [9.17, 15) is 0 Å². The molecule has 2 N–H and O–H groups in total. The fraction of sp³-hybridized carbons (Fsp3) is 0.647. The van der Waals surface area contributed by atoms with Crippen LogP contribution in [0.1, 0.15) is 45.2 Å². The number of piperidine rings is 1. The molecule has 1 unspecified atom stereocenters. The SMILES string of the molecule is COc1cccc(N2CCC(C(C)C)CC2)c1C(C)N. The van der Waals surface area contributed by atoms with Crippen molar-refractivity contribution in [3.63, 3.8) is 0 Å². The highest BCUT2D eigenvalue weighted by atomic mass is 16.5. The molecule has 0 aromatic heterocycles. The topological polar surface area (TPSA) is 38.5 Å². The molecule has 0 radical (unpaired) electrons. The average molecular weight is 276 g/mol. The van der Waals surface area contributed by atoms with Crippen molar-refractivity contribution in [1.29, 1.82) is 0 Å². The number of nitrogens with two attached hydrogens (primary N) is 1. The summed E-state index contributed by atoms with van der Waals surface area (Å²) in [5, 5.41) is 0. The van der Waals surface area contributed by atoms with E-state index < -0.39 is 0 Å². The zero-order chi connectivity index (χ0) is 14.7. The number of hydrogen-bond donors (Lipinski definition) is 1. The average Bonchev–Trinajstić information content (AvgIpc) is 2.46. The number of methoxy groups -OCH3 is 1. The van der Waals surface area contributed by atoms with Crippen molar-refractivity contribution >= 4 is 5.69 Å². The summed E-state index contributed by atoms with van der Waals surface area (Å²) in [6, 6.07) is 6.23. The summed E-state index contributed by atoms with van der Waals surface area (Å²) in [5.41, 5.74) is 8.55. The lowest BCUT2D eigenvalue weighted by Crippen LogP contribution is -2.36. The number of rotatable bonds is 4. The van der Waals surface area contributed by atoms with Crippen LogP contribution >= 0.6 is 0 Å². The Labute approximate surface area is 123 Å². The molecule has 20 heavy (non-hydrogen) atoms. The third-order valence-corrected chi connectivity index (χ3v) is 4.54. The Morgan fingerprint density at radius 2 is 1.85 bits per heavy atom. The Kier molecular flexibility index (Phi) is 4.92. The van der Waals surface area contributed by atoms with Crippen molar-refractivity contribution in [2.45, 2.75) is 39.7 Å². The van der Waals surface area contributed by atoms with Crippen molar-refractivity contribution < 1.29 is 4.74 Å². The molecule has 0 aliphatic carbocycles. The maximum atomic E-state index is 6.17. The Bertz CT molecular complexity index is 435. The maximum Gasteiger partial charge on any atom is 0.125 e. The molecule has 0 bridgehead atoms. The molecular weight excluding hydrogens is 248 g/mol. The van der Waals surface area contributed by atoms with E-state index in [0.717, 1.165) is 36.2 Å². The van der Waals surface area contributed by atoms with Crippen LogP contribution in [0.3, 0.4) is 0 Å². The Balaban J connectivity index is 2.21. The van der Waals surface area contributed by atoms with E-state index in [0.29, 0.717) is 0 Å². The summed E-state index contributed by atoms with van der Waals surface area (Å²) < 4.78 is 5.49. The van der Waals surface area contributed by atoms with Gasteiger partial charge >= 0.3 is 0 Å². The molecule has 1 aromatic rings. The molecule has 1 aliphatic heterocycles. The molecule has 1 aliphatic rings. The lowest BCUT2D eigenvalue weighted by molar-refractivity contribution is 0.311. The smallest absolute Gasteiger partial charge is 0.125 e. The molecule has 2 rings (SSSR count). The summed E-state index contributed by atoms with van der Waals surface area (Å²) in [5.74, 6) is 2.55. The van der Waals surface area contributed by atoms with Gasteiger partial charge in [0.2, 0.25) is 0 Å². The van der Waals surface area contributed by atoms with Crippen molar-refractivity contribution in [3.05, 3.63) is 23.8 Å². The second-order valence-electron chi connectivity index (χ2n) is 6.25. The normalized spacial score (nSPS) is 18.4. The Hall–Kier alpha value is -1.22. The highest BCUT2D eigenvalue weighted by Crippen LogP contribution is 2.36. The first kappa shape index (κ1) is 15.2. The number of anilines is 1. The van der Waals surface area contributed by atoms with E-state index in [2.05, 4.69) is 30.9 Å². The van der Waals surface area contributed by atoms with Gasteiger partial charge in [-0.2, -0.15) is 0 Å². The number of benzene rings is 1. The summed E-state index contributed by atoms with van der Waals surface area (Å²) >= 11 is 0. The predicted octanol–water partition coefficient (Wildman–Crippen LogP) is 3.59. The first-order valence-electron chi connectivity index (χ1n) is 7.72. The van der Waals surface area contributed by atoms with Crippen LogP contribution in [-0.4, -0.2) is 20.2 Å². The largest absolute Gasteiger partial charge is 0.496 e. The van der Waals surface area contributed by atoms with E-state index in [-0.39, 0.29) is 6.04 Å². The molecule has 3 nitrogen and oxygen atoms in total. The fourth-order valence-electron chi connectivity index (χ4n) is 3.25. The first-order valence-corrected chi connectivity index (χ1v) is 7.72.